The van der Waals surface area contributed by atoms with E-state index in [9.17, 15) is 4.79 Å². The van der Waals surface area contributed by atoms with Gasteiger partial charge < -0.3 is 10.2 Å². The standard InChI is InChI=1S/C16H30N2O/c1-16(2,3)13-8-11-18(12-9-13)15(19)14-7-5-4-6-10-17-14/h13-14,17H,4-12H2,1-3H3. The number of carbonyl (C=O) groups excluding carboxylic acids is 1. The fourth-order valence-corrected chi connectivity index (χ4v) is 3.43. The number of rotatable bonds is 1. The maximum Gasteiger partial charge on any atom is 0.239 e. The molecule has 0 aromatic rings. The molecule has 0 radical (unpaired) electrons. The molecule has 0 bridgehead atoms. The third kappa shape index (κ3) is 3.95. The van der Waals surface area contributed by atoms with E-state index in [4.69, 9.17) is 0 Å². The molecule has 1 amide bonds. The molecule has 3 nitrogen and oxygen atoms in total. The van der Waals surface area contributed by atoms with Crippen molar-refractivity contribution in [3.8, 4) is 0 Å². The SMILES string of the molecule is CC(C)(C)C1CCN(C(=O)C2CCCCCN2)CC1. The smallest absolute Gasteiger partial charge is 0.239 e. The zero-order valence-corrected chi connectivity index (χ0v) is 12.9. The van der Waals surface area contributed by atoms with Crippen molar-refractivity contribution in [2.45, 2.75) is 65.3 Å². The first-order chi connectivity index (χ1) is 8.98. The number of nitrogens with zero attached hydrogens (tertiary/aromatic N) is 1. The summed E-state index contributed by atoms with van der Waals surface area (Å²) in [5.41, 5.74) is 0.385. The van der Waals surface area contributed by atoms with Gasteiger partial charge in [0.15, 0.2) is 0 Å². The van der Waals surface area contributed by atoms with Crippen molar-refractivity contribution in [3.63, 3.8) is 0 Å². The van der Waals surface area contributed by atoms with Crippen molar-refractivity contribution < 1.29 is 4.79 Å². The highest BCUT2D eigenvalue weighted by Gasteiger charge is 2.32. The summed E-state index contributed by atoms with van der Waals surface area (Å²) in [5, 5.41) is 3.43. The summed E-state index contributed by atoms with van der Waals surface area (Å²) in [5.74, 6) is 1.12. The van der Waals surface area contributed by atoms with E-state index in [0.717, 1.165) is 32.0 Å². The van der Waals surface area contributed by atoms with E-state index in [2.05, 4.69) is 31.0 Å². The van der Waals surface area contributed by atoms with E-state index >= 15 is 0 Å². The molecule has 0 spiro atoms. The Bertz CT molecular complexity index is 292. The van der Waals surface area contributed by atoms with Crippen LogP contribution in [-0.4, -0.2) is 36.5 Å². The Balaban J connectivity index is 1.85. The molecule has 1 unspecified atom stereocenters. The van der Waals surface area contributed by atoms with Crippen molar-refractivity contribution in [2.24, 2.45) is 11.3 Å². The monoisotopic (exact) mass is 266 g/mol. The van der Waals surface area contributed by atoms with Gasteiger partial charge in [0.1, 0.15) is 0 Å². The molecule has 2 fully saturated rings. The van der Waals surface area contributed by atoms with Gasteiger partial charge in [0.2, 0.25) is 5.91 Å². The number of hydrogen-bond acceptors (Lipinski definition) is 2. The van der Waals surface area contributed by atoms with Gasteiger partial charge >= 0.3 is 0 Å². The Morgan fingerprint density at radius 3 is 2.37 bits per heavy atom. The summed E-state index contributed by atoms with van der Waals surface area (Å²) in [4.78, 5) is 14.6. The molecule has 1 N–H and O–H groups in total. The molecule has 2 heterocycles. The molecular formula is C16H30N2O. The predicted molar refractivity (Wildman–Crippen MR) is 79.0 cm³/mol. The molecule has 0 aromatic carbocycles. The Labute approximate surface area is 118 Å². The van der Waals surface area contributed by atoms with Crippen LogP contribution in [0.15, 0.2) is 0 Å². The maximum atomic E-state index is 12.5. The zero-order chi connectivity index (χ0) is 13.9. The third-order valence-corrected chi connectivity index (χ3v) is 4.89. The lowest BCUT2D eigenvalue weighted by Crippen LogP contribution is -2.49. The van der Waals surface area contributed by atoms with Crippen LogP contribution in [0.2, 0.25) is 0 Å². The van der Waals surface area contributed by atoms with Crippen molar-refractivity contribution in [1.82, 2.24) is 10.2 Å². The number of likely N-dealkylation sites (tertiary alicyclic amines) is 1. The number of hydrogen-bond donors (Lipinski definition) is 1. The van der Waals surface area contributed by atoms with Crippen LogP contribution in [0.1, 0.15) is 59.3 Å². The summed E-state index contributed by atoms with van der Waals surface area (Å²) in [6.07, 6.45) is 7.04. The second-order valence-corrected chi connectivity index (χ2v) is 7.32. The van der Waals surface area contributed by atoms with Crippen LogP contribution in [-0.2, 0) is 4.79 Å². The van der Waals surface area contributed by atoms with E-state index in [-0.39, 0.29) is 6.04 Å². The second kappa shape index (κ2) is 6.25. The third-order valence-electron chi connectivity index (χ3n) is 4.89. The molecule has 110 valence electrons. The summed E-state index contributed by atoms with van der Waals surface area (Å²) in [6.45, 7) is 9.89. The Kier molecular flexibility index (Phi) is 4.88. The summed E-state index contributed by atoms with van der Waals surface area (Å²) < 4.78 is 0. The Morgan fingerprint density at radius 1 is 1.05 bits per heavy atom. The van der Waals surface area contributed by atoms with Gasteiger partial charge in [-0.25, -0.2) is 0 Å². The van der Waals surface area contributed by atoms with Crippen molar-refractivity contribution in [1.29, 1.82) is 0 Å². The molecule has 0 aromatic heterocycles. The fraction of sp³-hybridized carbons (Fsp3) is 0.938. The lowest BCUT2D eigenvalue weighted by atomic mass is 9.75. The molecule has 1 atom stereocenters. The van der Waals surface area contributed by atoms with Crippen LogP contribution in [0.4, 0.5) is 0 Å². The highest BCUT2D eigenvalue weighted by atomic mass is 16.2. The molecule has 19 heavy (non-hydrogen) atoms. The summed E-state index contributed by atoms with van der Waals surface area (Å²) in [7, 11) is 0. The van der Waals surface area contributed by atoms with E-state index in [1.54, 1.807) is 0 Å². The summed E-state index contributed by atoms with van der Waals surface area (Å²) >= 11 is 0. The van der Waals surface area contributed by atoms with Gasteiger partial charge in [0.25, 0.3) is 0 Å². The van der Waals surface area contributed by atoms with Gasteiger partial charge in [-0.15, -0.1) is 0 Å². The Morgan fingerprint density at radius 2 is 1.74 bits per heavy atom. The summed E-state index contributed by atoms with van der Waals surface area (Å²) in [6, 6.07) is 0.0914. The van der Waals surface area contributed by atoms with Crippen LogP contribution in [0.3, 0.4) is 0 Å². The lowest BCUT2D eigenvalue weighted by molar-refractivity contribution is -0.135. The average Bonchev–Trinajstić information content (AvgIpc) is 2.66. The van der Waals surface area contributed by atoms with Crippen molar-refractivity contribution in [2.75, 3.05) is 19.6 Å². The highest BCUT2D eigenvalue weighted by Crippen LogP contribution is 2.34. The van der Waals surface area contributed by atoms with E-state index in [1.807, 2.05) is 0 Å². The number of amides is 1. The van der Waals surface area contributed by atoms with Gasteiger partial charge in [0.05, 0.1) is 6.04 Å². The van der Waals surface area contributed by atoms with Gasteiger partial charge in [-0.3, -0.25) is 4.79 Å². The van der Waals surface area contributed by atoms with Crippen LogP contribution in [0.5, 0.6) is 0 Å². The molecule has 2 rings (SSSR count). The van der Waals surface area contributed by atoms with Crippen molar-refractivity contribution >= 4 is 5.91 Å². The molecule has 3 heteroatoms. The average molecular weight is 266 g/mol. The molecule has 0 saturated carbocycles. The largest absolute Gasteiger partial charge is 0.341 e. The molecule has 2 aliphatic heterocycles. The van der Waals surface area contributed by atoms with Crippen molar-refractivity contribution in [3.05, 3.63) is 0 Å². The van der Waals surface area contributed by atoms with Gasteiger partial charge in [-0.1, -0.05) is 33.6 Å². The minimum atomic E-state index is 0.0914. The number of nitrogens with one attached hydrogen (secondary N) is 1. The van der Waals surface area contributed by atoms with E-state index < -0.39 is 0 Å². The first-order valence-corrected chi connectivity index (χ1v) is 8.00. The lowest BCUT2D eigenvalue weighted by Gasteiger charge is -2.39. The predicted octanol–water partition coefficient (Wildman–Crippen LogP) is 2.80. The Hall–Kier alpha value is -0.570. The van der Waals surface area contributed by atoms with Gasteiger partial charge in [0, 0.05) is 13.1 Å². The quantitative estimate of drug-likeness (QED) is 0.791. The van der Waals surface area contributed by atoms with Gasteiger partial charge in [-0.05, 0) is 43.6 Å². The van der Waals surface area contributed by atoms with E-state index in [1.165, 1.54) is 32.1 Å². The highest BCUT2D eigenvalue weighted by molar-refractivity contribution is 5.82. The normalized spacial score (nSPS) is 27.1. The minimum absolute atomic E-state index is 0.0914. The maximum absolute atomic E-state index is 12.5. The molecule has 2 aliphatic rings. The minimum Gasteiger partial charge on any atom is -0.341 e. The molecule has 0 aliphatic carbocycles. The fourth-order valence-electron chi connectivity index (χ4n) is 3.43. The first kappa shape index (κ1) is 14.8. The zero-order valence-electron chi connectivity index (χ0n) is 12.9. The molecular weight excluding hydrogens is 236 g/mol. The second-order valence-electron chi connectivity index (χ2n) is 7.32. The topological polar surface area (TPSA) is 32.3 Å². The van der Waals surface area contributed by atoms with Crippen LogP contribution >= 0.6 is 0 Å². The van der Waals surface area contributed by atoms with Crippen LogP contribution < -0.4 is 5.32 Å². The van der Waals surface area contributed by atoms with Crippen LogP contribution in [0.25, 0.3) is 0 Å². The first-order valence-electron chi connectivity index (χ1n) is 8.00. The van der Waals surface area contributed by atoms with Crippen LogP contribution in [0, 0.1) is 11.3 Å². The number of carbonyl (C=O) groups is 1. The number of piperidine rings is 1. The van der Waals surface area contributed by atoms with E-state index in [0.29, 0.717) is 11.3 Å². The van der Waals surface area contributed by atoms with Gasteiger partial charge in [-0.2, -0.15) is 0 Å². The molecule has 2 saturated heterocycles.